The third-order valence-electron chi connectivity index (χ3n) is 6.83. The van der Waals surface area contributed by atoms with Crippen LogP contribution in [-0.4, -0.2) is 44.9 Å². The maximum absolute atomic E-state index is 14.3. The fraction of sp³-hybridized carbons (Fsp3) is 0.321. The SMILES string of the molecule is O=C(N[C@@H]1CCC[C@H]1O)C(O)=CC(=O)C1CC(Cc2ccc(F)cc2F)=CN(Cc2ccc(F)cc2F)C1=O. The minimum Gasteiger partial charge on any atom is -0.503 e. The van der Waals surface area contributed by atoms with E-state index in [1.807, 2.05) is 0 Å². The molecule has 4 rings (SSSR count). The molecule has 3 N–H and O–H groups in total. The minimum atomic E-state index is -1.44. The number of allylic oxidation sites excluding steroid dienone is 2. The zero-order valence-electron chi connectivity index (χ0n) is 20.7. The first kappa shape index (κ1) is 28.0. The molecule has 0 aromatic heterocycles. The zero-order chi connectivity index (χ0) is 28.3. The molecule has 1 heterocycles. The summed E-state index contributed by atoms with van der Waals surface area (Å²) >= 11 is 0. The van der Waals surface area contributed by atoms with Crippen molar-refractivity contribution in [2.24, 2.45) is 5.92 Å². The van der Waals surface area contributed by atoms with Gasteiger partial charge in [-0.15, -0.1) is 0 Å². The van der Waals surface area contributed by atoms with Crippen LogP contribution in [0, 0.1) is 29.2 Å². The van der Waals surface area contributed by atoms with Crippen molar-refractivity contribution in [3.8, 4) is 0 Å². The Bertz CT molecular complexity index is 1360. The van der Waals surface area contributed by atoms with Crippen LogP contribution in [0.25, 0.3) is 0 Å². The molecule has 0 radical (unpaired) electrons. The molecule has 1 aliphatic heterocycles. The van der Waals surface area contributed by atoms with Gasteiger partial charge < -0.3 is 20.4 Å². The fourth-order valence-electron chi connectivity index (χ4n) is 4.75. The van der Waals surface area contributed by atoms with Crippen LogP contribution in [0.3, 0.4) is 0 Å². The molecule has 0 bridgehead atoms. The highest BCUT2D eigenvalue weighted by Gasteiger charge is 2.35. The van der Waals surface area contributed by atoms with E-state index in [-0.39, 0.29) is 30.5 Å². The van der Waals surface area contributed by atoms with Gasteiger partial charge in [-0.2, -0.15) is 0 Å². The minimum absolute atomic E-state index is 0.0469. The van der Waals surface area contributed by atoms with Gasteiger partial charge in [0.25, 0.3) is 5.91 Å². The number of aliphatic hydroxyl groups is 2. The first-order chi connectivity index (χ1) is 18.5. The molecule has 3 atom stereocenters. The molecular formula is C28H26F4N2O5. The lowest BCUT2D eigenvalue weighted by Gasteiger charge is -2.30. The summed E-state index contributed by atoms with van der Waals surface area (Å²) in [5, 5.41) is 22.5. The summed E-state index contributed by atoms with van der Waals surface area (Å²) in [4.78, 5) is 39.7. The maximum atomic E-state index is 14.3. The molecule has 1 aliphatic carbocycles. The van der Waals surface area contributed by atoms with Crippen molar-refractivity contribution in [2.75, 3.05) is 0 Å². The summed E-state index contributed by atoms with van der Waals surface area (Å²) in [5.41, 5.74) is 0.408. The number of carbonyl (C=O) groups is 3. The molecule has 7 nitrogen and oxygen atoms in total. The van der Waals surface area contributed by atoms with Crippen LogP contribution in [0.4, 0.5) is 17.6 Å². The Kier molecular flexibility index (Phi) is 8.49. The fourth-order valence-corrected chi connectivity index (χ4v) is 4.75. The summed E-state index contributed by atoms with van der Waals surface area (Å²) in [6.07, 6.45) is 2.51. The number of hydrogen-bond donors (Lipinski definition) is 3. The normalized spacial score (nSPS) is 21.6. The Balaban J connectivity index is 1.58. The Hall–Kier alpha value is -3.99. The average molecular weight is 547 g/mol. The third kappa shape index (κ3) is 6.72. The van der Waals surface area contributed by atoms with E-state index in [0.29, 0.717) is 43.0 Å². The number of hydrogen-bond acceptors (Lipinski definition) is 5. The molecule has 0 saturated heterocycles. The number of rotatable bonds is 8. The van der Waals surface area contributed by atoms with Crippen molar-refractivity contribution >= 4 is 17.6 Å². The third-order valence-corrected chi connectivity index (χ3v) is 6.83. The summed E-state index contributed by atoms with van der Waals surface area (Å²) < 4.78 is 55.4. The molecule has 1 fully saturated rings. The van der Waals surface area contributed by atoms with Gasteiger partial charge in [-0.1, -0.05) is 12.1 Å². The van der Waals surface area contributed by atoms with Gasteiger partial charge in [-0.25, -0.2) is 17.6 Å². The van der Waals surface area contributed by atoms with Gasteiger partial charge in [0.05, 0.1) is 18.7 Å². The highest BCUT2D eigenvalue weighted by Crippen LogP contribution is 2.29. The monoisotopic (exact) mass is 546 g/mol. The lowest BCUT2D eigenvalue weighted by molar-refractivity contribution is -0.139. The number of aliphatic hydroxyl groups excluding tert-OH is 2. The summed E-state index contributed by atoms with van der Waals surface area (Å²) in [6.45, 7) is -0.375. The number of nitrogens with one attached hydrogen (secondary N) is 1. The van der Waals surface area contributed by atoms with E-state index in [2.05, 4.69) is 5.32 Å². The smallest absolute Gasteiger partial charge is 0.286 e. The van der Waals surface area contributed by atoms with Crippen molar-refractivity contribution in [3.05, 3.63) is 94.4 Å². The van der Waals surface area contributed by atoms with Gasteiger partial charge >= 0.3 is 0 Å². The predicted octanol–water partition coefficient (Wildman–Crippen LogP) is 3.76. The maximum Gasteiger partial charge on any atom is 0.286 e. The number of nitrogens with zero attached hydrogens (tertiary/aromatic N) is 1. The first-order valence-electron chi connectivity index (χ1n) is 12.3. The molecular weight excluding hydrogens is 520 g/mol. The Labute approximate surface area is 221 Å². The van der Waals surface area contributed by atoms with Crippen LogP contribution >= 0.6 is 0 Å². The summed E-state index contributed by atoms with van der Waals surface area (Å²) in [5.74, 6) is -8.44. The van der Waals surface area contributed by atoms with Gasteiger partial charge in [0.1, 0.15) is 29.2 Å². The van der Waals surface area contributed by atoms with E-state index in [1.54, 1.807) is 0 Å². The Morgan fingerprint density at radius 1 is 1.00 bits per heavy atom. The molecule has 1 saturated carbocycles. The van der Waals surface area contributed by atoms with Gasteiger partial charge in [0.15, 0.2) is 11.5 Å². The molecule has 0 spiro atoms. The molecule has 1 unspecified atom stereocenters. The second-order valence-corrected chi connectivity index (χ2v) is 9.67. The number of carbonyl (C=O) groups excluding carboxylic acids is 3. The van der Waals surface area contributed by atoms with Gasteiger partial charge in [0.2, 0.25) is 5.91 Å². The van der Waals surface area contributed by atoms with Crippen molar-refractivity contribution < 1.29 is 42.2 Å². The van der Waals surface area contributed by atoms with Crippen LogP contribution in [0.15, 0.2) is 60.0 Å². The number of halogens is 4. The summed E-state index contributed by atoms with van der Waals surface area (Å²) in [7, 11) is 0. The highest BCUT2D eigenvalue weighted by molar-refractivity contribution is 6.10. The van der Waals surface area contributed by atoms with E-state index >= 15 is 0 Å². The van der Waals surface area contributed by atoms with Crippen molar-refractivity contribution in [1.29, 1.82) is 0 Å². The van der Waals surface area contributed by atoms with Crippen LogP contribution < -0.4 is 5.32 Å². The van der Waals surface area contributed by atoms with Crippen LogP contribution in [0.5, 0.6) is 0 Å². The van der Waals surface area contributed by atoms with E-state index in [4.69, 9.17) is 0 Å². The second kappa shape index (κ2) is 11.8. The average Bonchev–Trinajstić information content (AvgIpc) is 3.28. The van der Waals surface area contributed by atoms with E-state index in [0.717, 1.165) is 23.1 Å². The highest BCUT2D eigenvalue weighted by atomic mass is 19.1. The lowest BCUT2D eigenvalue weighted by Crippen LogP contribution is -2.41. The molecule has 2 amide bonds. The van der Waals surface area contributed by atoms with Crippen LogP contribution in [0.1, 0.15) is 36.8 Å². The second-order valence-electron chi connectivity index (χ2n) is 9.67. The predicted molar refractivity (Wildman–Crippen MR) is 131 cm³/mol. The molecule has 2 aliphatic rings. The van der Waals surface area contributed by atoms with Crippen molar-refractivity contribution in [1.82, 2.24) is 10.2 Å². The van der Waals surface area contributed by atoms with Gasteiger partial charge in [-0.05, 0) is 55.4 Å². The molecule has 206 valence electrons. The molecule has 2 aromatic carbocycles. The van der Waals surface area contributed by atoms with Gasteiger partial charge in [0, 0.05) is 30.0 Å². The topological polar surface area (TPSA) is 107 Å². The number of amides is 2. The molecule has 11 heteroatoms. The molecule has 39 heavy (non-hydrogen) atoms. The largest absolute Gasteiger partial charge is 0.503 e. The van der Waals surface area contributed by atoms with E-state index in [9.17, 15) is 42.2 Å². The Morgan fingerprint density at radius 2 is 1.64 bits per heavy atom. The van der Waals surface area contributed by atoms with E-state index in [1.165, 1.54) is 12.3 Å². The van der Waals surface area contributed by atoms with Crippen LogP contribution in [-0.2, 0) is 27.3 Å². The first-order valence-corrected chi connectivity index (χ1v) is 12.3. The number of benzene rings is 2. The van der Waals surface area contributed by atoms with Crippen molar-refractivity contribution in [3.63, 3.8) is 0 Å². The Morgan fingerprint density at radius 3 is 2.23 bits per heavy atom. The summed E-state index contributed by atoms with van der Waals surface area (Å²) in [6, 6.07) is 5.18. The molecule has 2 aromatic rings. The quantitative estimate of drug-likeness (QED) is 0.202. The lowest BCUT2D eigenvalue weighted by atomic mass is 9.87. The van der Waals surface area contributed by atoms with Gasteiger partial charge in [-0.3, -0.25) is 14.4 Å². The number of ketones is 1. The van der Waals surface area contributed by atoms with Crippen LogP contribution in [0.2, 0.25) is 0 Å². The zero-order valence-corrected chi connectivity index (χ0v) is 20.7. The van der Waals surface area contributed by atoms with Crippen molar-refractivity contribution in [2.45, 2.75) is 50.8 Å². The standard InChI is InChI=1S/C28H26F4N2O5/c29-18-6-4-16(21(31)10-18)8-15-9-20(25(36)12-26(37)27(38)33-23-2-1-3-24(23)35)28(39)34(13-15)14-17-5-7-19(30)11-22(17)32/h4-7,10-13,20,23-24,35,37H,1-3,8-9,14H2,(H,33,38)/t20?,23-,24-/m1/s1. The van der Waals surface area contributed by atoms with E-state index < -0.39 is 64.7 Å².